The van der Waals surface area contributed by atoms with E-state index in [1.54, 1.807) is 17.3 Å². The van der Waals surface area contributed by atoms with E-state index in [2.05, 4.69) is 14.9 Å². The van der Waals surface area contributed by atoms with Crippen LogP contribution < -0.4 is 9.64 Å². The quantitative estimate of drug-likeness (QED) is 0.273. The highest BCUT2D eigenvalue weighted by atomic mass is 32.2. The molecule has 2 aromatic carbocycles. The van der Waals surface area contributed by atoms with E-state index in [1.807, 2.05) is 4.90 Å². The third-order valence-corrected chi connectivity index (χ3v) is 12.9. The van der Waals surface area contributed by atoms with Gasteiger partial charge in [-0.25, -0.2) is 21.6 Å². The van der Waals surface area contributed by atoms with Crippen LogP contribution in [0.5, 0.6) is 11.8 Å². The molecule has 1 N–H and O–H groups in total. The van der Waals surface area contributed by atoms with Crippen LogP contribution in [0.2, 0.25) is 0 Å². The van der Waals surface area contributed by atoms with Gasteiger partial charge in [0, 0.05) is 50.4 Å². The summed E-state index contributed by atoms with van der Waals surface area (Å²) in [6.07, 6.45) is 4.91. The lowest BCUT2D eigenvalue weighted by molar-refractivity contribution is 0.107. The molecule has 4 fully saturated rings. The number of hydrogen-bond acceptors (Lipinski definition) is 9. The van der Waals surface area contributed by atoms with E-state index in [-0.39, 0.29) is 46.9 Å². The number of anilines is 1. The Kier molecular flexibility index (Phi) is 8.10. The van der Waals surface area contributed by atoms with Crippen molar-refractivity contribution in [3.63, 3.8) is 0 Å². The first-order chi connectivity index (χ1) is 23.6. The normalized spacial score (nSPS) is 25.8. The second-order valence-electron chi connectivity index (χ2n) is 13.9. The van der Waals surface area contributed by atoms with Gasteiger partial charge in [-0.05, 0) is 79.6 Å². The number of benzene rings is 2. The maximum absolute atomic E-state index is 16.9. The highest BCUT2D eigenvalue weighted by Gasteiger charge is 2.49. The van der Waals surface area contributed by atoms with Gasteiger partial charge < -0.3 is 14.7 Å². The van der Waals surface area contributed by atoms with Crippen molar-refractivity contribution < 1.29 is 31.4 Å². The van der Waals surface area contributed by atoms with Crippen LogP contribution in [0.4, 0.5) is 19.0 Å². The molecule has 0 saturated carbocycles. The zero-order chi connectivity index (χ0) is 34.1. The number of phenols is 1. The molecular weight excluding hydrogens is 657 g/mol. The number of fused-ring (bicyclic) bond motifs is 3. The average molecular weight is 697 g/mol. The minimum absolute atomic E-state index is 0.0689. The molecule has 0 amide bonds. The summed E-state index contributed by atoms with van der Waals surface area (Å²) in [6.45, 7) is 4.37. The van der Waals surface area contributed by atoms with Gasteiger partial charge in [-0.3, -0.25) is 9.88 Å². The Bertz CT molecular complexity index is 2070. The SMILES string of the molecule is CCc1c(F)ccc2cc(O)cc(-c3ncc4c(N5CCC(N6CCCCS6(=O)=O)C5)nc(OC[C@@]56CCCN5C[C@H](F)C6)nc4c3F)c12. The van der Waals surface area contributed by atoms with E-state index < -0.39 is 33.4 Å². The van der Waals surface area contributed by atoms with Gasteiger partial charge in [0.05, 0.1) is 16.7 Å². The zero-order valence-electron chi connectivity index (χ0n) is 27.3. The van der Waals surface area contributed by atoms with E-state index in [1.165, 1.54) is 24.4 Å². The van der Waals surface area contributed by atoms with E-state index in [0.29, 0.717) is 79.4 Å². The molecule has 4 aliphatic heterocycles. The topological polar surface area (TPSA) is 112 Å². The number of aryl methyl sites for hydroxylation is 1. The zero-order valence-corrected chi connectivity index (χ0v) is 28.2. The third kappa shape index (κ3) is 5.55. The Labute approximate surface area is 283 Å². The number of phenolic OH excluding ortho intramolecular Hbond substituents is 1. The van der Waals surface area contributed by atoms with E-state index in [9.17, 15) is 17.9 Å². The lowest BCUT2D eigenvalue weighted by Crippen LogP contribution is -2.46. The molecule has 0 aliphatic carbocycles. The van der Waals surface area contributed by atoms with Crippen LogP contribution in [0.3, 0.4) is 0 Å². The van der Waals surface area contributed by atoms with Gasteiger partial charge in [-0.1, -0.05) is 13.0 Å². The van der Waals surface area contributed by atoms with Crippen LogP contribution in [-0.4, -0.2) is 101 Å². The molecule has 49 heavy (non-hydrogen) atoms. The summed E-state index contributed by atoms with van der Waals surface area (Å²) >= 11 is 0. The molecule has 1 unspecified atom stereocenters. The number of sulfonamides is 1. The second kappa shape index (κ2) is 12.2. The molecule has 2 aromatic heterocycles. The van der Waals surface area contributed by atoms with Gasteiger partial charge in [0.15, 0.2) is 5.82 Å². The Morgan fingerprint density at radius 2 is 1.94 bits per heavy atom. The highest BCUT2D eigenvalue weighted by Crippen LogP contribution is 2.42. The molecule has 8 rings (SSSR count). The number of alkyl halides is 1. The third-order valence-electron chi connectivity index (χ3n) is 10.9. The maximum atomic E-state index is 16.9. The molecule has 3 atom stereocenters. The number of hydrogen-bond donors (Lipinski definition) is 1. The minimum atomic E-state index is -3.37. The summed E-state index contributed by atoms with van der Waals surface area (Å²) in [5, 5.41) is 11.9. The predicted molar refractivity (Wildman–Crippen MR) is 180 cm³/mol. The van der Waals surface area contributed by atoms with Crippen molar-refractivity contribution in [1.82, 2.24) is 24.2 Å². The highest BCUT2D eigenvalue weighted by molar-refractivity contribution is 7.89. The smallest absolute Gasteiger partial charge is 0.319 e. The van der Waals surface area contributed by atoms with Gasteiger partial charge in [-0.15, -0.1) is 0 Å². The van der Waals surface area contributed by atoms with Crippen molar-refractivity contribution in [3.8, 4) is 23.0 Å². The molecule has 4 aromatic rings. The van der Waals surface area contributed by atoms with Crippen LogP contribution in [0, 0.1) is 11.6 Å². The van der Waals surface area contributed by atoms with Crippen LogP contribution in [0.1, 0.15) is 51.0 Å². The first-order valence-electron chi connectivity index (χ1n) is 17.1. The molecule has 10 nitrogen and oxygen atoms in total. The Hall–Kier alpha value is -3.75. The molecule has 6 heterocycles. The van der Waals surface area contributed by atoms with Crippen LogP contribution in [-0.2, 0) is 16.4 Å². The fraction of sp³-hybridized carbons (Fsp3) is 0.514. The van der Waals surface area contributed by atoms with Crippen molar-refractivity contribution >= 4 is 37.5 Å². The van der Waals surface area contributed by atoms with Gasteiger partial charge in [0.25, 0.3) is 0 Å². The van der Waals surface area contributed by atoms with Crippen molar-refractivity contribution in [2.45, 2.75) is 69.6 Å². The Morgan fingerprint density at radius 1 is 1.08 bits per heavy atom. The summed E-state index contributed by atoms with van der Waals surface area (Å²) in [4.78, 5) is 17.9. The van der Waals surface area contributed by atoms with Crippen molar-refractivity contribution in [2.24, 2.45) is 0 Å². The van der Waals surface area contributed by atoms with E-state index in [4.69, 9.17) is 9.72 Å². The lowest BCUT2D eigenvalue weighted by atomic mass is 9.94. The molecule has 0 bridgehead atoms. The largest absolute Gasteiger partial charge is 0.508 e. The Balaban J connectivity index is 1.24. The van der Waals surface area contributed by atoms with Gasteiger partial charge in [0.1, 0.15) is 41.4 Å². The molecule has 0 spiro atoms. The molecule has 14 heteroatoms. The van der Waals surface area contributed by atoms with Crippen LogP contribution >= 0.6 is 0 Å². The van der Waals surface area contributed by atoms with Gasteiger partial charge in [-0.2, -0.15) is 14.3 Å². The summed E-state index contributed by atoms with van der Waals surface area (Å²) in [5.74, 6) is -0.855. The van der Waals surface area contributed by atoms with E-state index >= 15 is 8.78 Å². The van der Waals surface area contributed by atoms with Gasteiger partial charge in [0.2, 0.25) is 10.0 Å². The van der Waals surface area contributed by atoms with Crippen molar-refractivity contribution in [1.29, 1.82) is 0 Å². The van der Waals surface area contributed by atoms with Crippen LogP contribution in [0.15, 0.2) is 30.5 Å². The monoisotopic (exact) mass is 696 g/mol. The first-order valence-corrected chi connectivity index (χ1v) is 18.7. The maximum Gasteiger partial charge on any atom is 0.319 e. The number of aromatic nitrogens is 3. The standard InChI is InChI=1S/C35H39F3N6O4S/c1-2-25-28(37)7-6-21-14-24(45)15-26(29(21)25)31-30(38)32-27(17-39-31)33(42-12-8-23(19-42)44-11-3-4-13-49(44,46)47)41-34(40-32)48-20-35-9-5-10-43(35)18-22(36)16-35/h6-7,14-15,17,22-23,45H,2-5,8-13,16,18-20H2,1H3/t22-,23?,35+/m1/s1. The molecule has 4 saturated heterocycles. The summed E-state index contributed by atoms with van der Waals surface area (Å²) < 4.78 is 80.2. The lowest BCUT2D eigenvalue weighted by Gasteiger charge is -2.32. The Morgan fingerprint density at radius 3 is 2.76 bits per heavy atom. The van der Waals surface area contributed by atoms with Crippen molar-refractivity contribution in [2.75, 3.05) is 50.0 Å². The van der Waals surface area contributed by atoms with Crippen LogP contribution in [0.25, 0.3) is 32.9 Å². The number of ether oxygens (including phenoxy) is 1. The molecule has 0 radical (unpaired) electrons. The number of rotatable bonds is 7. The number of pyridine rings is 1. The average Bonchev–Trinajstić information content (AvgIpc) is 3.78. The fourth-order valence-corrected chi connectivity index (χ4v) is 10.4. The summed E-state index contributed by atoms with van der Waals surface area (Å²) in [6, 6.07) is 5.42. The minimum Gasteiger partial charge on any atom is -0.508 e. The van der Waals surface area contributed by atoms with Crippen molar-refractivity contribution in [3.05, 3.63) is 47.7 Å². The second-order valence-corrected chi connectivity index (χ2v) is 15.9. The fourth-order valence-electron chi connectivity index (χ4n) is 8.58. The first kappa shape index (κ1) is 32.5. The number of halogens is 3. The molecule has 260 valence electrons. The predicted octanol–water partition coefficient (Wildman–Crippen LogP) is 5.35. The van der Waals surface area contributed by atoms with Gasteiger partial charge >= 0.3 is 6.01 Å². The summed E-state index contributed by atoms with van der Waals surface area (Å²) in [7, 11) is -3.37. The van der Waals surface area contributed by atoms with E-state index in [0.717, 1.165) is 25.8 Å². The summed E-state index contributed by atoms with van der Waals surface area (Å²) in [5.41, 5.74) is -0.0619. The molecular formula is C35H39F3N6O4S. The number of nitrogens with zero attached hydrogens (tertiary/aromatic N) is 6. The molecule has 4 aliphatic rings. The number of aromatic hydroxyl groups is 1.